The fourth-order valence-corrected chi connectivity index (χ4v) is 2.34. The molecule has 126 valence electrons. The zero-order chi connectivity index (χ0) is 17.3. The monoisotopic (exact) mass is 354 g/mol. The summed E-state index contributed by atoms with van der Waals surface area (Å²) in [5.74, 6) is -0.478. The Labute approximate surface area is 141 Å². The fourth-order valence-electron chi connectivity index (χ4n) is 2.16. The van der Waals surface area contributed by atoms with Gasteiger partial charge in [0.25, 0.3) is 0 Å². The lowest BCUT2D eigenvalue weighted by atomic mass is 10.2. The maximum Gasteiger partial charge on any atom is 0.586 e. The van der Waals surface area contributed by atoms with Crippen molar-refractivity contribution in [2.75, 3.05) is 10.6 Å². The molecule has 1 atom stereocenters. The van der Waals surface area contributed by atoms with Crippen molar-refractivity contribution in [3.05, 3.63) is 47.5 Å². The van der Waals surface area contributed by atoms with Crippen molar-refractivity contribution in [1.82, 2.24) is 0 Å². The number of nitrogens with one attached hydrogen (secondary N) is 2. The van der Waals surface area contributed by atoms with Crippen molar-refractivity contribution in [2.24, 2.45) is 0 Å². The summed E-state index contributed by atoms with van der Waals surface area (Å²) in [6, 6.07) is 10.4. The number of carbonyl (C=O) groups excluding carboxylic acids is 1. The lowest BCUT2D eigenvalue weighted by molar-refractivity contribution is -0.286. The molecule has 3 rings (SSSR count). The number of benzene rings is 2. The Balaban J connectivity index is 1.66. The molecule has 5 nitrogen and oxygen atoms in total. The van der Waals surface area contributed by atoms with Gasteiger partial charge >= 0.3 is 6.29 Å². The van der Waals surface area contributed by atoms with E-state index >= 15 is 0 Å². The number of hydrogen-bond acceptors (Lipinski definition) is 4. The third-order valence-electron chi connectivity index (χ3n) is 3.31. The number of rotatable bonds is 4. The number of para-hydroxylation sites is 1. The molecule has 1 unspecified atom stereocenters. The Morgan fingerprint density at radius 1 is 1.17 bits per heavy atom. The lowest BCUT2D eigenvalue weighted by Gasteiger charge is -2.16. The van der Waals surface area contributed by atoms with Crippen molar-refractivity contribution in [3.8, 4) is 11.5 Å². The normalized spacial score (nSPS) is 15.7. The second-order valence-electron chi connectivity index (χ2n) is 5.16. The van der Waals surface area contributed by atoms with E-state index in [1.165, 1.54) is 18.2 Å². The van der Waals surface area contributed by atoms with Crippen molar-refractivity contribution < 1.29 is 23.0 Å². The molecule has 2 N–H and O–H groups in total. The highest BCUT2D eigenvalue weighted by molar-refractivity contribution is 6.33. The quantitative estimate of drug-likeness (QED) is 0.867. The molecular weight excluding hydrogens is 342 g/mol. The van der Waals surface area contributed by atoms with E-state index in [9.17, 15) is 13.6 Å². The van der Waals surface area contributed by atoms with E-state index in [0.29, 0.717) is 16.4 Å². The van der Waals surface area contributed by atoms with Crippen LogP contribution in [0.4, 0.5) is 20.2 Å². The van der Waals surface area contributed by atoms with Gasteiger partial charge in [0.05, 0.1) is 10.7 Å². The molecule has 0 fully saturated rings. The van der Waals surface area contributed by atoms with Crippen molar-refractivity contribution in [1.29, 1.82) is 0 Å². The van der Waals surface area contributed by atoms with E-state index in [2.05, 4.69) is 20.1 Å². The second kappa shape index (κ2) is 6.16. The Bertz CT molecular complexity index is 786. The average Bonchev–Trinajstić information content (AvgIpc) is 2.82. The van der Waals surface area contributed by atoms with Gasteiger partial charge in [0, 0.05) is 11.8 Å². The maximum absolute atomic E-state index is 13.0. The molecular formula is C16H13ClF2N2O3. The van der Waals surface area contributed by atoms with Gasteiger partial charge in [-0.3, -0.25) is 4.79 Å². The van der Waals surface area contributed by atoms with E-state index in [4.69, 9.17) is 11.6 Å². The number of anilines is 2. The van der Waals surface area contributed by atoms with Gasteiger partial charge in [-0.05, 0) is 31.2 Å². The standard InChI is InChI=1S/C16H13ClF2N2O3/c1-9(15(22)21-12-5-3-2-4-11(12)17)20-10-6-7-13-14(8-10)24-16(18,19)23-13/h2-9,20H,1H3,(H,21,22). The molecule has 1 heterocycles. The van der Waals surface area contributed by atoms with Crippen LogP contribution < -0.4 is 20.1 Å². The lowest BCUT2D eigenvalue weighted by Crippen LogP contribution is -2.31. The number of hydrogen-bond donors (Lipinski definition) is 2. The first-order valence-electron chi connectivity index (χ1n) is 7.06. The largest absolute Gasteiger partial charge is 0.586 e. The summed E-state index contributed by atoms with van der Waals surface area (Å²) in [7, 11) is 0. The van der Waals surface area contributed by atoms with Crippen LogP contribution in [-0.4, -0.2) is 18.2 Å². The Morgan fingerprint density at radius 2 is 1.88 bits per heavy atom. The third-order valence-corrected chi connectivity index (χ3v) is 3.64. The first kappa shape index (κ1) is 16.3. The van der Waals surface area contributed by atoms with E-state index in [1.807, 2.05) is 0 Å². The zero-order valence-electron chi connectivity index (χ0n) is 12.5. The molecule has 0 radical (unpaired) electrons. The maximum atomic E-state index is 13.0. The van der Waals surface area contributed by atoms with Crippen LogP contribution in [0.2, 0.25) is 5.02 Å². The highest BCUT2D eigenvalue weighted by atomic mass is 35.5. The molecule has 2 aromatic carbocycles. The number of amides is 1. The fraction of sp³-hybridized carbons (Fsp3) is 0.188. The van der Waals surface area contributed by atoms with Crippen LogP contribution in [0.1, 0.15) is 6.92 Å². The number of carbonyl (C=O) groups is 1. The van der Waals surface area contributed by atoms with Crippen LogP contribution in [0.5, 0.6) is 11.5 Å². The summed E-state index contributed by atoms with van der Waals surface area (Å²) < 4.78 is 34.7. The van der Waals surface area contributed by atoms with Crippen molar-refractivity contribution >= 4 is 28.9 Å². The van der Waals surface area contributed by atoms with Crippen LogP contribution in [0.3, 0.4) is 0 Å². The smallest absolute Gasteiger partial charge is 0.395 e. The van der Waals surface area contributed by atoms with Gasteiger partial charge in [-0.15, -0.1) is 8.78 Å². The molecule has 1 aliphatic heterocycles. The van der Waals surface area contributed by atoms with Gasteiger partial charge < -0.3 is 20.1 Å². The number of halogens is 3. The van der Waals surface area contributed by atoms with Crippen molar-refractivity contribution in [3.63, 3.8) is 0 Å². The zero-order valence-corrected chi connectivity index (χ0v) is 13.2. The highest BCUT2D eigenvalue weighted by Gasteiger charge is 2.43. The summed E-state index contributed by atoms with van der Waals surface area (Å²) in [6.07, 6.45) is -3.67. The minimum atomic E-state index is -3.67. The molecule has 8 heteroatoms. The Hall–Kier alpha value is -2.54. The topological polar surface area (TPSA) is 59.6 Å². The van der Waals surface area contributed by atoms with Gasteiger partial charge in [-0.25, -0.2) is 0 Å². The molecule has 0 saturated heterocycles. The van der Waals surface area contributed by atoms with Gasteiger partial charge in [-0.2, -0.15) is 0 Å². The number of alkyl halides is 2. The van der Waals surface area contributed by atoms with Crippen molar-refractivity contribution in [2.45, 2.75) is 19.3 Å². The van der Waals surface area contributed by atoms with Crippen LogP contribution in [-0.2, 0) is 4.79 Å². The summed E-state index contributed by atoms with van der Waals surface area (Å²) in [4.78, 5) is 12.2. The van der Waals surface area contributed by atoms with E-state index in [0.717, 1.165) is 0 Å². The Kier molecular flexibility index (Phi) is 4.19. The average molecular weight is 355 g/mol. The molecule has 1 aliphatic rings. The molecule has 24 heavy (non-hydrogen) atoms. The predicted molar refractivity (Wildman–Crippen MR) is 85.8 cm³/mol. The van der Waals surface area contributed by atoms with Gasteiger partial charge in [-0.1, -0.05) is 23.7 Å². The highest BCUT2D eigenvalue weighted by Crippen LogP contribution is 2.42. The molecule has 0 bridgehead atoms. The second-order valence-corrected chi connectivity index (χ2v) is 5.57. The number of ether oxygens (including phenoxy) is 2. The van der Waals surface area contributed by atoms with E-state index in [1.54, 1.807) is 31.2 Å². The van der Waals surface area contributed by atoms with Gasteiger partial charge in [0.15, 0.2) is 11.5 Å². The van der Waals surface area contributed by atoms with Gasteiger partial charge in [0.2, 0.25) is 5.91 Å². The van der Waals surface area contributed by atoms with E-state index < -0.39 is 12.3 Å². The summed E-state index contributed by atoms with van der Waals surface area (Å²) in [5.41, 5.74) is 0.931. The number of fused-ring (bicyclic) bond motifs is 1. The minimum Gasteiger partial charge on any atom is -0.395 e. The first-order valence-corrected chi connectivity index (χ1v) is 7.44. The Morgan fingerprint density at radius 3 is 2.62 bits per heavy atom. The van der Waals surface area contributed by atoms with Crippen LogP contribution in [0.15, 0.2) is 42.5 Å². The van der Waals surface area contributed by atoms with Crippen LogP contribution in [0, 0.1) is 0 Å². The molecule has 0 saturated carbocycles. The summed E-state index contributed by atoms with van der Waals surface area (Å²) in [6.45, 7) is 1.63. The SMILES string of the molecule is CC(Nc1ccc2c(c1)OC(F)(F)O2)C(=O)Nc1ccccc1Cl. The minimum absolute atomic E-state index is 0.0567. The predicted octanol–water partition coefficient (Wildman–Crippen LogP) is 4.10. The molecule has 1 amide bonds. The van der Waals surface area contributed by atoms with E-state index in [-0.39, 0.29) is 17.4 Å². The van der Waals surface area contributed by atoms with Crippen LogP contribution in [0.25, 0.3) is 0 Å². The van der Waals surface area contributed by atoms with Gasteiger partial charge in [0.1, 0.15) is 6.04 Å². The molecule has 0 aromatic heterocycles. The molecule has 0 aliphatic carbocycles. The molecule has 2 aromatic rings. The summed E-state index contributed by atoms with van der Waals surface area (Å²) in [5, 5.41) is 6.01. The first-order chi connectivity index (χ1) is 11.3. The van der Waals surface area contributed by atoms with Crippen LogP contribution >= 0.6 is 11.6 Å². The third kappa shape index (κ3) is 3.51. The molecule has 0 spiro atoms. The summed E-state index contributed by atoms with van der Waals surface area (Å²) >= 11 is 5.99.